The van der Waals surface area contributed by atoms with E-state index in [4.69, 9.17) is 16.3 Å². The van der Waals surface area contributed by atoms with Crippen LogP contribution in [0, 0.1) is 5.92 Å². The van der Waals surface area contributed by atoms with Crippen molar-refractivity contribution in [3.63, 3.8) is 0 Å². The van der Waals surface area contributed by atoms with Crippen molar-refractivity contribution < 1.29 is 14.3 Å². The van der Waals surface area contributed by atoms with Crippen molar-refractivity contribution in [2.75, 3.05) is 45.9 Å². The van der Waals surface area contributed by atoms with Crippen LogP contribution in [-0.2, 0) is 9.59 Å². The smallest absolute Gasteiger partial charge is 0.225 e. The molecular formula is C21H30ClN3O3. The average molecular weight is 408 g/mol. The van der Waals surface area contributed by atoms with Crippen LogP contribution in [0.25, 0.3) is 0 Å². The zero-order valence-electron chi connectivity index (χ0n) is 16.4. The minimum absolute atomic E-state index is 0.0166. The fraction of sp³-hybridized carbons (Fsp3) is 0.619. The first-order valence-corrected chi connectivity index (χ1v) is 10.7. The number of hydrogen-bond acceptors (Lipinski definition) is 4. The van der Waals surface area contributed by atoms with Crippen LogP contribution in [0.3, 0.4) is 0 Å². The number of carbonyl (C=O) groups is 2. The van der Waals surface area contributed by atoms with Crippen molar-refractivity contribution in [2.24, 2.45) is 5.92 Å². The van der Waals surface area contributed by atoms with E-state index >= 15 is 0 Å². The van der Waals surface area contributed by atoms with Gasteiger partial charge in [-0.15, -0.1) is 0 Å². The highest BCUT2D eigenvalue weighted by Crippen LogP contribution is 2.26. The van der Waals surface area contributed by atoms with Gasteiger partial charge >= 0.3 is 0 Å². The van der Waals surface area contributed by atoms with E-state index in [1.807, 2.05) is 17.0 Å². The third-order valence-electron chi connectivity index (χ3n) is 5.53. The van der Waals surface area contributed by atoms with Crippen LogP contribution in [0.2, 0.25) is 5.02 Å². The molecule has 2 amide bonds. The molecule has 2 fully saturated rings. The molecule has 0 unspecified atom stereocenters. The predicted octanol–water partition coefficient (Wildman–Crippen LogP) is 2.56. The van der Waals surface area contributed by atoms with E-state index in [0.29, 0.717) is 36.3 Å². The Kier molecular flexibility index (Phi) is 7.98. The summed E-state index contributed by atoms with van der Waals surface area (Å²) in [5.41, 5.74) is 0. The summed E-state index contributed by atoms with van der Waals surface area (Å²) in [6.07, 6.45) is 4.83. The Hall–Kier alpha value is -1.79. The van der Waals surface area contributed by atoms with Crippen molar-refractivity contribution in [1.29, 1.82) is 0 Å². The highest BCUT2D eigenvalue weighted by Gasteiger charge is 2.29. The molecule has 1 aromatic rings. The maximum Gasteiger partial charge on any atom is 0.225 e. The van der Waals surface area contributed by atoms with E-state index < -0.39 is 0 Å². The zero-order valence-corrected chi connectivity index (χ0v) is 17.1. The summed E-state index contributed by atoms with van der Waals surface area (Å²) in [6, 6.07) is 7.15. The molecule has 1 saturated carbocycles. The molecule has 0 bridgehead atoms. The van der Waals surface area contributed by atoms with Crippen molar-refractivity contribution >= 4 is 23.4 Å². The lowest BCUT2D eigenvalue weighted by Crippen LogP contribution is -2.51. The van der Waals surface area contributed by atoms with Gasteiger partial charge in [0.15, 0.2) is 0 Å². The van der Waals surface area contributed by atoms with Crippen LogP contribution in [0.4, 0.5) is 0 Å². The van der Waals surface area contributed by atoms with Crippen LogP contribution in [0.5, 0.6) is 5.75 Å². The molecule has 1 N–H and O–H groups in total. The van der Waals surface area contributed by atoms with Gasteiger partial charge in [-0.3, -0.25) is 14.5 Å². The summed E-state index contributed by atoms with van der Waals surface area (Å²) in [4.78, 5) is 28.7. The van der Waals surface area contributed by atoms with Crippen LogP contribution in [-0.4, -0.2) is 67.5 Å². The van der Waals surface area contributed by atoms with Gasteiger partial charge in [0.2, 0.25) is 11.8 Å². The van der Waals surface area contributed by atoms with Gasteiger partial charge in [-0.05, 0) is 31.0 Å². The number of benzene rings is 1. The van der Waals surface area contributed by atoms with Gasteiger partial charge in [0.05, 0.1) is 13.0 Å². The molecule has 28 heavy (non-hydrogen) atoms. The van der Waals surface area contributed by atoms with Gasteiger partial charge in [-0.1, -0.05) is 30.5 Å². The molecular weight excluding hydrogens is 378 g/mol. The molecule has 0 atom stereocenters. The standard InChI is InChI=1S/C21H30ClN3O3/c22-18-6-3-7-19(16-18)28-15-8-20(26)23-9-10-24-11-13-25(14-12-24)21(27)17-4-1-2-5-17/h3,6-7,16-17H,1-2,4-5,8-15H2,(H,23,26). The summed E-state index contributed by atoms with van der Waals surface area (Å²) in [5, 5.41) is 3.56. The van der Waals surface area contributed by atoms with Gasteiger partial charge in [0.25, 0.3) is 0 Å². The van der Waals surface area contributed by atoms with Crippen molar-refractivity contribution in [1.82, 2.24) is 15.1 Å². The van der Waals surface area contributed by atoms with Crippen LogP contribution in [0.1, 0.15) is 32.1 Å². The highest BCUT2D eigenvalue weighted by molar-refractivity contribution is 6.30. The Morgan fingerprint density at radius 2 is 1.89 bits per heavy atom. The van der Waals surface area contributed by atoms with E-state index in [1.165, 1.54) is 12.8 Å². The average Bonchev–Trinajstić information content (AvgIpc) is 3.23. The Balaban J connectivity index is 1.25. The number of amides is 2. The van der Waals surface area contributed by atoms with Crippen molar-refractivity contribution in [2.45, 2.75) is 32.1 Å². The first-order chi connectivity index (χ1) is 13.6. The molecule has 6 nitrogen and oxygen atoms in total. The second-order valence-electron chi connectivity index (χ2n) is 7.55. The molecule has 0 radical (unpaired) electrons. The third kappa shape index (κ3) is 6.38. The lowest BCUT2D eigenvalue weighted by atomic mass is 10.1. The Morgan fingerprint density at radius 3 is 2.61 bits per heavy atom. The molecule has 154 valence electrons. The zero-order chi connectivity index (χ0) is 19.8. The third-order valence-corrected chi connectivity index (χ3v) is 5.77. The fourth-order valence-electron chi connectivity index (χ4n) is 3.88. The molecule has 1 aromatic carbocycles. The number of nitrogens with one attached hydrogen (secondary N) is 1. The van der Waals surface area contributed by atoms with Crippen molar-refractivity contribution in [3.05, 3.63) is 29.3 Å². The van der Waals surface area contributed by atoms with E-state index in [9.17, 15) is 9.59 Å². The number of piperazine rings is 1. The molecule has 1 saturated heterocycles. The van der Waals surface area contributed by atoms with E-state index in [-0.39, 0.29) is 11.8 Å². The topological polar surface area (TPSA) is 61.9 Å². The first kappa shape index (κ1) is 20.9. The Morgan fingerprint density at radius 1 is 1.14 bits per heavy atom. The van der Waals surface area contributed by atoms with Gasteiger partial charge in [0.1, 0.15) is 5.75 Å². The lowest BCUT2D eigenvalue weighted by Gasteiger charge is -2.36. The Labute approximate surface area is 172 Å². The monoisotopic (exact) mass is 407 g/mol. The lowest BCUT2D eigenvalue weighted by molar-refractivity contribution is -0.137. The number of ether oxygens (including phenoxy) is 1. The molecule has 1 heterocycles. The summed E-state index contributed by atoms with van der Waals surface area (Å²) in [5.74, 6) is 1.27. The fourth-order valence-corrected chi connectivity index (χ4v) is 4.06. The van der Waals surface area contributed by atoms with Gasteiger partial charge in [-0.25, -0.2) is 0 Å². The van der Waals surface area contributed by atoms with Crippen LogP contribution < -0.4 is 10.1 Å². The molecule has 0 spiro atoms. The van der Waals surface area contributed by atoms with E-state index in [1.54, 1.807) is 12.1 Å². The minimum atomic E-state index is -0.0166. The minimum Gasteiger partial charge on any atom is -0.493 e. The van der Waals surface area contributed by atoms with E-state index in [0.717, 1.165) is 45.6 Å². The second-order valence-corrected chi connectivity index (χ2v) is 7.99. The number of carbonyl (C=O) groups excluding carboxylic acids is 2. The summed E-state index contributed by atoms with van der Waals surface area (Å²) >= 11 is 5.90. The molecule has 7 heteroatoms. The maximum absolute atomic E-state index is 12.5. The Bertz CT molecular complexity index is 656. The van der Waals surface area contributed by atoms with Crippen LogP contribution >= 0.6 is 11.6 Å². The van der Waals surface area contributed by atoms with Gasteiger partial charge in [0, 0.05) is 50.2 Å². The van der Waals surface area contributed by atoms with Gasteiger partial charge in [-0.2, -0.15) is 0 Å². The van der Waals surface area contributed by atoms with Crippen molar-refractivity contribution in [3.8, 4) is 5.75 Å². The SMILES string of the molecule is O=C(CCOc1cccc(Cl)c1)NCCN1CCN(C(=O)C2CCCC2)CC1. The maximum atomic E-state index is 12.5. The molecule has 0 aromatic heterocycles. The molecule has 1 aliphatic carbocycles. The summed E-state index contributed by atoms with van der Waals surface area (Å²) < 4.78 is 5.54. The second kappa shape index (κ2) is 10.7. The molecule has 1 aliphatic heterocycles. The number of hydrogen-bond donors (Lipinski definition) is 1. The van der Waals surface area contributed by atoms with Crippen LogP contribution in [0.15, 0.2) is 24.3 Å². The summed E-state index contributed by atoms with van der Waals surface area (Å²) in [7, 11) is 0. The number of rotatable bonds is 8. The molecule has 2 aliphatic rings. The summed E-state index contributed by atoms with van der Waals surface area (Å²) in [6.45, 7) is 5.12. The largest absolute Gasteiger partial charge is 0.493 e. The quantitative estimate of drug-likeness (QED) is 0.719. The highest BCUT2D eigenvalue weighted by atomic mass is 35.5. The number of nitrogens with zero attached hydrogens (tertiary/aromatic N) is 2. The van der Waals surface area contributed by atoms with E-state index in [2.05, 4.69) is 10.2 Å². The number of halogens is 1. The first-order valence-electron chi connectivity index (χ1n) is 10.3. The predicted molar refractivity (Wildman–Crippen MR) is 110 cm³/mol. The molecule has 3 rings (SSSR count). The normalized spacial score (nSPS) is 18.2. The van der Waals surface area contributed by atoms with Gasteiger partial charge < -0.3 is 15.0 Å².